The van der Waals surface area contributed by atoms with Crippen LogP contribution < -0.4 is 14.2 Å². The lowest BCUT2D eigenvalue weighted by Crippen LogP contribution is -2.39. The Labute approximate surface area is 244 Å². The molecule has 3 aromatic rings. The number of ketones is 1. The molecule has 11 nitrogen and oxygen atoms in total. The van der Waals surface area contributed by atoms with Crippen LogP contribution in [0.1, 0.15) is 29.3 Å². The molecule has 1 amide bonds. The molecule has 2 aliphatic rings. The Balaban J connectivity index is 1.59. The summed E-state index contributed by atoms with van der Waals surface area (Å²) in [4.78, 5) is 31.0. The van der Waals surface area contributed by atoms with E-state index in [1.165, 1.54) is 32.4 Å². The molecule has 0 aliphatic carbocycles. The number of likely N-dealkylation sites (tertiary alicyclic amines) is 1. The number of carbonyl (C=O) groups excluding carboxylic acids is 2. The van der Waals surface area contributed by atoms with Gasteiger partial charge >= 0.3 is 0 Å². The number of hydrogen-bond donors (Lipinski definition) is 1. The summed E-state index contributed by atoms with van der Waals surface area (Å²) < 4.78 is 23.8. The van der Waals surface area contributed by atoms with E-state index in [1.54, 1.807) is 16.8 Å². The van der Waals surface area contributed by atoms with Crippen molar-refractivity contribution in [2.24, 2.45) is 0 Å². The number of benzene rings is 2. The van der Waals surface area contributed by atoms with Crippen molar-refractivity contribution < 1.29 is 33.6 Å². The van der Waals surface area contributed by atoms with Crippen LogP contribution in [0.2, 0.25) is 0 Å². The van der Waals surface area contributed by atoms with E-state index in [0.29, 0.717) is 60.2 Å². The number of methoxy groups -OCH3 is 3. The molecule has 2 aromatic carbocycles. The first-order chi connectivity index (χ1) is 20.4. The lowest BCUT2D eigenvalue weighted by molar-refractivity contribution is -0.140. The molecule has 3 heterocycles. The molecule has 0 spiro atoms. The molecule has 2 saturated heterocycles. The molecule has 2 fully saturated rings. The minimum absolute atomic E-state index is 0.0173. The first-order valence-corrected chi connectivity index (χ1v) is 13.9. The van der Waals surface area contributed by atoms with Crippen LogP contribution >= 0.6 is 0 Å². The molecule has 1 aromatic heterocycles. The highest BCUT2D eigenvalue weighted by Gasteiger charge is 2.46. The number of Topliss-reactive ketones (excluding diaryl/α,β-unsaturated/α-hetero) is 1. The third-order valence-corrected chi connectivity index (χ3v) is 7.79. The fraction of sp³-hybridized carbons (Fsp3) is 0.387. The summed E-state index contributed by atoms with van der Waals surface area (Å²) in [5.41, 5.74) is 2.32. The Morgan fingerprint density at radius 3 is 2.29 bits per heavy atom. The van der Waals surface area contributed by atoms with Crippen molar-refractivity contribution >= 4 is 17.4 Å². The Bertz CT molecular complexity index is 1450. The summed E-state index contributed by atoms with van der Waals surface area (Å²) in [6.07, 6.45) is 2.15. The van der Waals surface area contributed by atoms with Gasteiger partial charge in [0.05, 0.1) is 69.3 Å². The van der Waals surface area contributed by atoms with Gasteiger partial charge in [0.2, 0.25) is 5.75 Å². The van der Waals surface area contributed by atoms with Crippen molar-refractivity contribution in [2.75, 3.05) is 60.7 Å². The zero-order valence-electron chi connectivity index (χ0n) is 24.3. The second-order valence-corrected chi connectivity index (χ2v) is 10.1. The molecule has 5 rings (SSSR count). The Morgan fingerprint density at radius 2 is 1.67 bits per heavy atom. The lowest BCUT2D eigenvalue weighted by atomic mass is 9.94. The molecule has 222 valence electrons. The van der Waals surface area contributed by atoms with E-state index >= 15 is 0 Å². The van der Waals surface area contributed by atoms with Gasteiger partial charge in [-0.05, 0) is 43.2 Å². The number of hydrogen-bond acceptors (Lipinski definition) is 9. The molecule has 0 bridgehead atoms. The summed E-state index contributed by atoms with van der Waals surface area (Å²) in [5, 5.41) is 16.2. The third-order valence-electron chi connectivity index (χ3n) is 7.79. The van der Waals surface area contributed by atoms with Crippen LogP contribution in [-0.4, -0.2) is 97.1 Å². The van der Waals surface area contributed by atoms with Crippen molar-refractivity contribution in [1.82, 2.24) is 19.6 Å². The summed E-state index contributed by atoms with van der Waals surface area (Å²) in [6.45, 7) is 5.85. The summed E-state index contributed by atoms with van der Waals surface area (Å²) in [5.74, 6) is -0.594. The van der Waals surface area contributed by atoms with E-state index in [-0.39, 0.29) is 11.3 Å². The summed E-state index contributed by atoms with van der Waals surface area (Å²) >= 11 is 0. The predicted octanol–water partition coefficient (Wildman–Crippen LogP) is 3.35. The van der Waals surface area contributed by atoms with Gasteiger partial charge in [-0.15, -0.1) is 0 Å². The van der Waals surface area contributed by atoms with Crippen LogP contribution in [-0.2, 0) is 14.3 Å². The lowest BCUT2D eigenvalue weighted by Gasteiger charge is -2.29. The zero-order chi connectivity index (χ0) is 29.8. The number of aromatic nitrogens is 2. The number of para-hydroxylation sites is 1. The Morgan fingerprint density at radius 1 is 1.00 bits per heavy atom. The second kappa shape index (κ2) is 12.7. The highest BCUT2D eigenvalue weighted by Crippen LogP contribution is 2.46. The number of carbonyl (C=O) groups is 2. The first-order valence-electron chi connectivity index (χ1n) is 13.9. The van der Waals surface area contributed by atoms with Crippen LogP contribution in [0.5, 0.6) is 17.2 Å². The van der Waals surface area contributed by atoms with E-state index < -0.39 is 17.7 Å². The molecule has 11 heteroatoms. The highest BCUT2D eigenvalue weighted by molar-refractivity contribution is 6.46. The van der Waals surface area contributed by atoms with Crippen molar-refractivity contribution in [3.05, 3.63) is 71.1 Å². The van der Waals surface area contributed by atoms with Crippen molar-refractivity contribution in [1.29, 1.82) is 0 Å². The standard InChI is InChI=1S/C31H36N4O7/c1-20-23(19-32-35(20)22-9-6-5-7-10-22)28(36)26-27(21-17-24(39-2)30(41-4)25(18-21)40-3)34(31(38)29(26)37)12-8-11-33-13-15-42-16-14-33/h5-7,9-10,17-19,27,36H,8,11-16H2,1-4H3/b28-26+/t27-/m0/s1. The van der Waals surface area contributed by atoms with Gasteiger partial charge in [0.25, 0.3) is 11.7 Å². The maximum Gasteiger partial charge on any atom is 0.295 e. The van der Waals surface area contributed by atoms with Crippen LogP contribution in [0, 0.1) is 6.92 Å². The van der Waals surface area contributed by atoms with Gasteiger partial charge in [-0.1, -0.05) is 18.2 Å². The Kier molecular flexibility index (Phi) is 8.79. The van der Waals surface area contributed by atoms with E-state index in [9.17, 15) is 14.7 Å². The average Bonchev–Trinajstić information content (AvgIpc) is 3.53. The zero-order valence-corrected chi connectivity index (χ0v) is 24.3. The number of ether oxygens (including phenoxy) is 4. The fourth-order valence-electron chi connectivity index (χ4n) is 5.62. The average molecular weight is 577 g/mol. The fourth-order valence-corrected chi connectivity index (χ4v) is 5.62. The van der Waals surface area contributed by atoms with Crippen LogP contribution in [0.3, 0.4) is 0 Å². The molecular weight excluding hydrogens is 540 g/mol. The minimum atomic E-state index is -0.886. The maximum absolute atomic E-state index is 13.6. The van der Waals surface area contributed by atoms with E-state index in [1.807, 2.05) is 37.3 Å². The van der Waals surface area contributed by atoms with Crippen molar-refractivity contribution in [3.8, 4) is 22.9 Å². The van der Waals surface area contributed by atoms with Gasteiger partial charge < -0.3 is 29.0 Å². The van der Waals surface area contributed by atoms with Gasteiger partial charge in [-0.3, -0.25) is 14.5 Å². The number of morpholine rings is 1. The molecule has 0 saturated carbocycles. The van der Waals surface area contributed by atoms with Gasteiger partial charge in [0.15, 0.2) is 11.5 Å². The number of amides is 1. The van der Waals surface area contributed by atoms with Gasteiger partial charge in [-0.2, -0.15) is 5.10 Å². The van der Waals surface area contributed by atoms with Crippen LogP contribution in [0.15, 0.2) is 54.2 Å². The van der Waals surface area contributed by atoms with E-state index in [2.05, 4.69) is 10.00 Å². The molecular formula is C31H36N4O7. The monoisotopic (exact) mass is 576 g/mol. The molecule has 0 radical (unpaired) electrons. The quantitative estimate of drug-likeness (QED) is 0.220. The van der Waals surface area contributed by atoms with Crippen molar-refractivity contribution in [2.45, 2.75) is 19.4 Å². The normalized spacial score (nSPS) is 18.9. The highest BCUT2D eigenvalue weighted by atomic mass is 16.5. The number of nitrogens with zero attached hydrogens (tertiary/aromatic N) is 4. The topological polar surface area (TPSA) is 116 Å². The minimum Gasteiger partial charge on any atom is -0.507 e. The number of aliphatic hydroxyl groups excluding tert-OH is 1. The SMILES string of the molecule is COc1cc([C@H]2/C(=C(\O)c3cnn(-c4ccccc4)c3C)C(=O)C(=O)N2CCCN2CCOCC2)cc(OC)c1OC. The summed E-state index contributed by atoms with van der Waals surface area (Å²) in [7, 11) is 4.51. The third kappa shape index (κ3) is 5.45. The van der Waals surface area contributed by atoms with E-state index in [0.717, 1.165) is 25.3 Å². The smallest absolute Gasteiger partial charge is 0.295 e. The Hall–Kier alpha value is -4.35. The molecule has 1 atom stereocenters. The second-order valence-electron chi connectivity index (χ2n) is 10.1. The van der Waals surface area contributed by atoms with Crippen molar-refractivity contribution in [3.63, 3.8) is 0 Å². The largest absolute Gasteiger partial charge is 0.507 e. The van der Waals surface area contributed by atoms with Crippen LogP contribution in [0.25, 0.3) is 11.4 Å². The molecule has 42 heavy (non-hydrogen) atoms. The van der Waals surface area contributed by atoms with Crippen LogP contribution in [0.4, 0.5) is 0 Å². The van der Waals surface area contributed by atoms with E-state index in [4.69, 9.17) is 18.9 Å². The molecule has 2 aliphatic heterocycles. The molecule has 0 unspecified atom stereocenters. The van der Waals surface area contributed by atoms with Gasteiger partial charge in [0.1, 0.15) is 5.76 Å². The van der Waals surface area contributed by atoms with Gasteiger partial charge in [0, 0.05) is 26.2 Å². The number of rotatable bonds is 10. The van der Waals surface area contributed by atoms with Gasteiger partial charge in [-0.25, -0.2) is 4.68 Å². The first kappa shape index (κ1) is 29.2. The maximum atomic E-state index is 13.6. The molecule has 1 N–H and O–H groups in total. The predicted molar refractivity (Wildman–Crippen MR) is 155 cm³/mol. The number of aliphatic hydroxyl groups is 1. The summed E-state index contributed by atoms with van der Waals surface area (Å²) in [6, 6.07) is 12.0.